The second kappa shape index (κ2) is 3.81. The molecule has 6 heteroatoms. The van der Waals surface area contributed by atoms with Crippen LogP contribution in [0.25, 0.3) is 5.69 Å². The van der Waals surface area contributed by atoms with E-state index in [1.54, 1.807) is 21.5 Å². The van der Waals surface area contributed by atoms with E-state index in [4.69, 9.17) is 0 Å². The van der Waals surface area contributed by atoms with Gasteiger partial charge in [0.25, 0.3) is 0 Å². The Labute approximate surface area is 133 Å². The number of alkyl halides is 1. The number of halogens is 1. The van der Waals surface area contributed by atoms with Crippen LogP contribution in [0, 0.1) is 5.92 Å². The van der Waals surface area contributed by atoms with Crippen LogP contribution in [-0.2, 0) is 0 Å². The minimum atomic E-state index is -0.284. The third-order valence-electron chi connectivity index (χ3n) is 4.95. The molecule has 0 saturated carbocycles. The third kappa shape index (κ3) is 1.22. The first-order chi connectivity index (χ1) is 10.6. The highest BCUT2D eigenvalue weighted by molar-refractivity contribution is 9.10. The van der Waals surface area contributed by atoms with Crippen molar-refractivity contribution in [1.29, 1.82) is 0 Å². The molecule has 0 spiro atoms. The lowest BCUT2D eigenvalue weighted by Crippen LogP contribution is -2.58. The largest absolute Gasteiger partial charge is 0.352 e. The van der Waals surface area contributed by atoms with Gasteiger partial charge in [-0.2, -0.15) is 0 Å². The second-order valence-corrected chi connectivity index (χ2v) is 7.33. The first-order valence-electron chi connectivity index (χ1n) is 7.21. The van der Waals surface area contributed by atoms with Gasteiger partial charge in [-0.05, 0) is 12.1 Å². The van der Waals surface area contributed by atoms with E-state index in [1.165, 1.54) is 4.57 Å². The summed E-state index contributed by atoms with van der Waals surface area (Å²) in [7, 11) is 0. The van der Waals surface area contributed by atoms with Crippen LogP contribution in [0.2, 0.25) is 0 Å². The molecule has 3 heterocycles. The average Bonchev–Trinajstić information content (AvgIpc) is 2.78. The maximum atomic E-state index is 12.9. The maximum absolute atomic E-state index is 12.9. The number of hydrogen-bond donors (Lipinski definition) is 0. The fourth-order valence-electron chi connectivity index (χ4n) is 3.84. The highest BCUT2D eigenvalue weighted by Gasteiger charge is 2.57. The van der Waals surface area contributed by atoms with Crippen molar-refractivity contribution < 1.29 is 0 Å². The van der Waals surface area contributed by atoms with Crippen molar-refractivity contribution in [3.8, 4) is 5.69 Å². The number of nitrogens with zero attached hydrogens (tertiary/aromatic N) is 3. The van der Waals surface area contributed by atoms with Gasteiger partial charge in [0.2, 0.25) is 0 Å². The van der Waals surface area contributed by atoms with Gasteiger partial charge >= 0.3 is 11.4 Å². The van der Waals surface area contributed by atoms with Crippen LogP contribution >= 0.6 is 15.9 Å². The van der Waals surface area contributed by atoms with Crippen molar-refractivity contribution >= 4 is 15.9 Å². The molecule has 4 atom stereocenters. The van der Waals surface area contributed by atoms with E-state index in [2.05, 4.69) is 28.1 Å². The molecule has 1 aromatic carbocycles. The Morgan fingerprint density at radius 1 is 0.955 bits per heavy atom. The van der Waals surface area contributed by atoms with Crippen LogP contribution in [-0.4, -0.2) is 18.3 Å². The highest BCUT2D eigenvalue weighted by atomic mass is 79.9. The van der Waals surface area contributed by atoms with Crippen LogP contribution in [0.3, 0.4) is 0 Å². The lowest BCUT2D eigenvalue weighted by Gasteiger charge is -2.53. The molecular weight excluding hydrogens is 346 g/mol. The lowest BCUT2D eigenvalue weighted by atomic mass is 9.68. The van der Waals surface area contributed by atoms with Crippen LogP contribution in [0.5, 0.6) is 0 Å². The van der Waals surface area contributed by atoms with Crippen molar-refractivity contribution in [1.82, 2.24) is 13.9 Å². The topological polar surface area (TPSA) is 48.9 Å². The van der Waals surface area contributed by atoms with E-state index < -0.39 is 0 Å². The molecule has 2 aromatic rings. The van der Waals surface area contributed by atoms with Crippen molar-refractivity contribution in [3.63, 3.8) is 0 Å². The van der Waals surface area contributed by atoms with Crippen LogP contribution in [0.15, 0.2) is 64.2 Å². The smallest absolute Gasteiger partial charge is 0.245 e. The minimum absolute atomic E-state index is 0.112. The van der Waals surface area contributed by atoms with E-state index in [0.29, 0.717) is 5.69 Å². The number of rotatable bonds is 1. The zero-order chi connectivity index (χ0) is 15.1. The summed E-state index contributed by atoms with van der Waals surface area (Å²) in [6.07, 6.45) is 8.25. The Morgan fingerprint density at radius 2 is 1.68 bits per heavy atom. The molecule has 110 valence electrons. The van der Waals surface area contributed by atoms with E-state index in [0.717, 1.165) is 0 Å². The molecular formula is C16H12BrN3O2. The van der Waals surface area contributed by atoms with E-state index in [9.17, 15) is 9.59 Å². The van der Waals surface area contributed by atoms with Crippen LogP contribution in [0.1, 0.15) is 12.1 Å². The quantitative estimate of drug-likeness (QED) is 0.577. The first kappa shape index (κ1) is 12.5. The number of hydrogen-bond acceptors (Lipinski definition) is 2. The molecule has 2 aliphatic carbocycles. The van der Waals surface area contributed by atoms with Crippen molar-refractivity contribution in [2.24, 2.45) is 5.92 Å². The standard InChI is InChI=1S/C16H12BrN3O2/c17-16-9-8-11(16)12-6-7-13(16)20-15(22)18(14(21)19(12)20)10-4-2-1-3-5-10/h1-9,11-13H/t11-,12-,13+,16-/m1/s1. The number of aromatic nitrogens is 3. The minimum Gasteiger partial charge on any atom is -0.245 e. The Balaban J connectivity index is 1.84. The Morgan fingerprint density at radius 3 is 2.36 bits per heavy atom. The summed E-state index contributed by atoms with van der Waals surface area (Å²) in [6, 6.07) is 8.80. The molecule has 1 aromatic heterocycles. The van der Waals surface area contributed by atoms with Crippen molar-refractivity contribution in [3.05, 3.63) is 75.6 Å². The molecule has 5 nitrogen and oxygen atoms in total. The van der Waals surface area contributed by atoms with Gasteiger partial charge in [-0.3, -0.25) is 0 Å². The van der Waals surface area contributed by atoms with E-state index in [1.807, 2.05) is 30.4 Å². The molecule has 22 heavy (non-hydrogen) atoms. The first-order valence-corrected chi connectivity index (χ1v) is 8.00. The lowest BCUT2D eigenvalue weighted by molar-refractivity contribution is 0.166. The van der Waals surface area contributed by atoms with Crippen LogP contribution in [0.4, 0.5) is 0 Å². The average molecular weight is 358 g/mol. The van der Waals surface area contributed by atoms with Gasteiger partial charge in [0.05, 0.1) is 22.1 Å². The van der Waals surface area contributed by atoms with Gasteiger partial charge in [0.15, 0.2) is 0 Å². The van der Waals surface area contributed by atoms with Crippen molar-refractivity contribution in [2.45, 2.75) is 16.4 Å². The zero-order valence-electron chi connectivity index (χ0n) is 11.5. The fraction of sp³-hybridized carbons (Fsp3) is 0.250. The summed E-state index contributed by atoms with van der Waals surface area (Å²) in [4.78, 5) is 25.7. The maximum Gasteiger partial charge on any atom is 0.352 e. The molecule has 6 rings (SSSR count). The SMILES string of the molecule is O=c1n(-c2ccccc2)c(=O)n2n1[C@@H]1C=C[C@H]2[C@@]2(Br)C=C[C@H]12. The zero-order valence-corrected chi connectivity index (χ0v) is 13.1. The Kier molecular flexibility index (Phi) is 2.16. The summed E-state index contributed by atoms with van der Waals surface area (Å²) in [5.41, 5.74) is 0.0498. The predicted molar refractivity (Wildman–Crippen MR) is 85.8 cm³/mol. The van der Waals surface area contributed by atoms with Gasteiger partial charge in [0.1, 0.15) is 0 Å². The Bertz CT molecular complexity index is 966. The van der Waals surface area contributed by atoms with Gasteiger partial charge in [-0.15, -0.1) is 0 Å². The summed E-state index contributed by atoms with van der Waals surface area (Å²) in [6.45, 7) is 0. The number of allylic oxidation sites excluding steroid dienone is 4. The molecule has 0 N–H and O–H groups in total. The third-order valence-corrected chi connectivity index (χ3v) is 6.21. The molecule has 0 unspecified atom stereocenters. The number of benzene rings is 1. The van der Waals surface area contributed by atoms with E-state index >= 15 is 0 Å². The van der Waals surface area contributed by atoms with Crippen LogP contribution < -0.4 is 11.4 Å². The van der Waals surface area contributed by atoms with Gasteiger partial charge < -0.3 is 0 Å². The summed E-state index contributed by atoms with van der Waals surface area (Å²) < 4.78 is 4.21. The van der Waals surface area contributed by atoms with Gasteiger partial charge in [-0.1, -0.05) is 58.4 Å². The normalized spacial score (nSPS) is 33.4. The second-order valence-electron chi connectivity index (χ2n) is 5.96. The van der Waals surface area contributed by atoms with E-state index in [-0.39, 0.29) is 33.7 Å². The molecule has 0 amide bonds. The fourth-order valence-corrected chi connectivity index (χ4v) is 4.77. The molecule has 0 saturated heterocycles. The molecule has 2 aliphatic heterocycles. The summed E-state index contributed by atoms with van der Waals surface area (Å²) >= 11 is 3.77. The summed E-state index contributed by atoms with van der Waals surface area (Å²) in [5, 5.41) is 0. The molecule has 0 fully saturated rings. The monoisotopic (exact) mass is 357 g/mol. The van der Waals surface area contributed by atoms with Gasteiger partial charge in [-0.25, -0.2) is 23.5 Å². The molecule has 0 radical (unpaired) electrons. The summed E-state index contributed by atoms with van der Waals surface area (Å²) in [5.74, 6) is 0.214. The number of para-hydroxylation sites is 1. The molecule has 4 aliphatic rings. The molecule has 2 bridgehead atoms. The van der Waals surface area contributed by atoms with Crippen molar-refractivity contribution in [2.75, 3.05) is 0 Å². The van der Waals surface area contributed by atoms with Gasteiger partial charge in [0, 0.05) is 5.92 Å². The Hall–Kier alpha value is -2.08. The predicted octanol–water partition coefficient (Wildman–Crippen LogP) is 1.79. The highest BCUT2D eigenvalue weighted by Crippen LogP contribution is 2.57.